The fourth-order valence-corrected chi connectivity index (χ4v) is 2.47. The van der Waals surface area contributed by atoms with Crippen LogP contribution in [0.4, 0.5) is 0 Å². The van der Waals surface area contributed by atoms with E-state index in [-0.39, 0.29) is 6.61 Å². The fourth-order valence-electron chi connectivity index (χ4n) is 2.47. The zero-order valence-electron chi connectivity index (χ0n) is 16.4. The molecular formula is C21H24N2O5. The van der Waals surface area contributed by atoms with Crippen LogP contribution in [0.1, 0.15) is 16.7 Å². The van der Waals surface area contributed by atoms with Crippen LogP contribution in [0.5, 0.6) is 17.2 Å². The topological polar surface area (TPSA) is 85.9 Å². The lowest BCUT2D eigenvalue weighted by molar-refractivity contribution is -0.128. The molecule has 7 nitrogen and oxygen atoms in total. The molecule has 2 aromatic carbocycles. The maximum atomic E-state index is 11.9. The fraction of sp³-hybridized carbons (Fsp3) is 0.238. The summed E-state index contributed by atoms with van der Waals surface area (Å²) in [5.41, 5.74) is 7.41. The van der Waals surface area contributed by atoms with Crippen molar-refractivity contribution in [2.45, 2.75) is 13.8 Å². The van der Waals surface area contributed by atoms with Crippen LogP contribution in [-0.2, 0) is 9.59 Å². The molecule has 2 aromatic rings. The highest BCUT2D eigenvalue weighted by molar-refractivity contribution is 5.93. The van der Waals surface area contributed by atoms with Crippen molar-refractivity contribution >= 4 is 17.9 Å². The third-order valence-electron chi connectivity index (χ3n) is 3.69. The molecule has 0 aliphatic heterocycles. The van der Waals surface area contributed by atoms with Crippen molar-refractivity contribution in [3.05, 3.63) is 59.2 Å². The Labute approximate surface area is 164 Å². The normalized spacial score (nSPS) is 10.4. The van der Waals surface area contributed by atoms with Crippen LogP contribution >= 0.6 is 0 Å². The Bertz CT molecular complexity index is 835. The van der Waals surface area contributed by atoms with Gasteiger partial charge in [-0.05, 0) is 60.9 Å². The summed E-state index contributed by atoms with van der Waals surface area (Å²) in [6.07, 6.45) is 2.87. The average Bonchev–Trinajstić information content (AvgIpc) is 2.68. The number of carbonyl (C=O) groups excluding carboxylic acids is 2. The quantitative estimate of drug-likeness (QED) is 0.566. The van der Waals surface area contributed by atoms with Gasteiger partial charge in [-0.1, -0.05) is 6.07 Å². The Morgan fingerprint density at radius 2 is 1.46 bits per heavy atom. The van der Waals surface area contributed by atoms with Crippen LogP contribution in [0.25, 0.3) is 6.08 Å². The summed E-state index contributed by atoms with van der Waals surface area (Å²) in [6.45, 7) is 3.69. The number of carbonyl (C=O) groups is 2. The summed E-state index contributed by atoms with van der Waals surface area (Å²) < 4.78 is 15.8. The highest BCUT2D eigenvalue weighted by Crippen LogP contribution is 2.23. The van der Waals surface area contributed by atoms with Crippen LogP contribution in [0.15, 0.2) is 42.5 Å². The molecule has 0 atom stereocenters. The first-order chi connectivity index (χ1) is 13.4. The zero-order valence-corrected chi connectivity index (χ0v) is 16.4. The summed E-state index contributed by atoms with van der Waals surface area (Å²) >= 11 is 0. The molecular weight excluding hydrogens is 360 g/mol. The van der Waals surface area contributed by atoms with Crippen LogP contribution in [0.2, 0.25) is 0 Å². The largest absolute Gasteiger partial charge is 0.497 e. The SMILES string of the molecule is COc1cc(/C=C/C(=O)NNC(=O)COc2cc(C)cc(C)c2)cc(OC)c1. The zero-order chi connectivity index (χ0) is 20.5. The minimum absolute atomic E-state index is 0.208. The first-order valence-corrected chi connectivity index (χ1v) is 8.60. The van der Waals surface area contributed by atoms with Gasteiger partial charge in [0.15, 0.2) is 6.61 Å². The smallest absolute Gasteiger partial charge is 0.276 e. The van der Waals surface area contributed by atoms with Gasteiger partial charge in [-0.15, -0.1) is 0 Å². The van der Waals surface area contributed by atoms with E-state index in [1.165, 1.54) is 6.08 Å². The molecule has 2 N–H and O–H groups in total. The first kappa shape index (κ1) is 20.8. The van der Waals surface area contributed by atoms with Crippen molar-refractivity contribution in [1.29, 1.82) is 0 Å². The van der Waals surface area contributed by atoms with Crippen LogP contribution < -0.4 is 25.1 Å². The monoisotopic (exact) mass is 384 g/mol. The number of methoxy groups -OCH3 is 2. The van der Waals surface area contributed by atoms with E-state index in [1.54, 1.807) is 38.5 Å². The van der Waals surface area contributed by atoms with Crippen molar-refractivity contribution in [2.75, 3.05) is 20.8 Å². The maximum absolute atomic E-state index is 11.9. The van der Waals surface area contributed by atoms with Gasteiger partial charge in [-0.3, -0.25) is 20.4 Å². The molecule has 0 saturated heterocycles. The molecule has 0 bridgehead atoms. The number of nitrogens with one attached hydrogen (secondary N) is 2. The third kappa shape index (κ3) is 6.68. The van der Waals surface area contributed by atoms with Gasteiger partial charge in [0.1, 0.15) is 17.2 Å². The molecule has 2 rings (SSSR count). The van der Waals surface area contributed by atoms with Gasteiger partial charge in [0, 0.05) is 12.1 Å². The van der Waals surface area contributed by atoms with Crippen molar-refractivity contribution < 1.29 is 23.8 Å². The van der Waals surface area contributed by atoms with Gasteiger partial charge in [0.2, 0.25) is 0 Å². The Kier molecular flexibility index (Phi) is 7.45. The molecule has 7 heteroatoms. The molecule has 2 amide bonds. The van der Waals surface area contributed by atoms with Crippen molar-refractivity contribution in [1.82, 2.24) is 10.9 Å². The standard InChI is InChI=1S/C21H24N2O5/c1-14-7-15(2)9-19(8-14)28-13-21(25)23-22-20(24)6-5-16-10-17(26-3)12-18(11-16)27-4/h5-12H,13H2,1-4H3,(H,22,24)(H,23,25)/b6-5+. The number of aryl methyl sites for hydroxylation is 2. The number of rotatable bonds is 7. The van der Waals surface area contributed by atoms with Gasteiger partial charge < -0.3 is 14.2 Å². The minimum Gasteiger partial charge on any atom is -0.497 e. The second kappa shape index (κ2) is 10.0. The predicted octanol–water partition coefficient (Wildman–Crippen LogP) is 2.56. The minimum atomic E-state index is -0.485. The lowest BCUT2D eigenvalue weighted by Gasteiger charge is -2.09. The molecule has 0 saturated carbocycles. The Hall–Kier alpha value is -3.48. The molecule has 0 aliphatic carbocycles. The number of hydrazine groups is 1. The molecule has 0 spiro atoms. The number of hydrogen-bond donors (Lipinski definition) is 2. The highest BCUT2D eigenvalue weighted by Gasteiger charge is 2.05. The highest BCUT2D eigenvalue weighted by atomic mass is 16.5. The average molecular weight is 384 g/mol. The predicted molar refractivity (Wildman–Crippen MR) is 106 cm³/mol. The number of benzene rings is 2. The number of amides is 2. The number of hydrogen-bond acceptors (Lipinski definition) is 5. The van der Waals surface area contributed by atoms with Crippen LogP contribution in [0, 0.1) is 13.8 Å². The van der Waals surface area contributed by atoms with Gasteiger partial charge in [0.05, 0.1) is 14.2 Å². The van der Waals surface area contributed by atoms with Crippen molar-refractivity contribution in [3.63, 3.8) is 0 Å². The summed E-state index contributed by atoms with van der Waals surface area (Å²) in [5.74, 6) is 0.865. The van der Waals surface area contributed by atoms with Crippen LogP contribution in [0.3, 0.4) is 0 Å². The van der Waals surface area contributed by atoms with Crippen LogP contribution in [-0.4, -0.2) is 32.6 Å². The lowest BCUT2D eigenvalue weighted by atomic mass is 10.1. The molecule has 0 aliphatic rings. The maximum Gasteiger partial charge on any atom is 0.276 e. The van der Waals surface area contributed by atoms with Gasteiger partial charge in [-0.25, -0.2) is 0 Å². The molecule has 0 aromatic heterocycles. The van der Waals surface area contributed by atoms with E-state index in [4.69, 9.17) is 14.2 Å². The summed E-state index contributed by atoms with van der Waals surface area (Å²) in [7, 11) is 3.09. The van der Waals surface area contributed by atoms with Gasteiger partial charge >= 0.3 is 0 Å². The van der Waals surface area contributed by atoms with Crippen molar-refractivity contribution in [3.8, 4) is 17.2 Å². The van der Waals surface area contributed by atoms with E-state index in [0.717, 1.165) is 16.7 Å². The third-order valence-corrected chi connectivity index (χ3v) is 3.69. The van der Waals surface area contributed by atoms with E-state index in [2.05, 4.69) is 10.9 Å². The summed E-state index contributed by atoms with van der Waals surface area (Å²) in [6, 6.07) is 10.9. The van der Waals surface area contributed by atoms with E-state index < -0.39 is 11.8 Å². The van der Waals surface area contributed by atoms with E-state index >= 15 is 0 Å². The summed E-state index contributed by atoms with van der Waals surface area (Å²) in [5, 5.41) is 0. The second-order valence-corrected chi connectivity index (χ2v) is 6.13. The Balaban J connectivity index is 1.83. The molecule has 0 heterocycles. The van der Waals surface area contributed by atoms with Crippen molar-refractivity contribution in [2.24, 2.45) is 0 Å². The molecule has 0 radical (unpaired) electrons. The van der Waals surface area contributed by atoms with Gasteiger partial charge in [0.25, 0.3) is 11.8 Å². The van der Waals surface area contributed by atoms with E-state index in [9.17, 15) is 9.59 Å². The van der Waals surface area contributed by atoms with E-state index in [0.29, 0.717) is 17.2 Å². The second-order valence-electron chi connectivity index (χ2n) is 6.13. The molecule has 0 unspecified atom stereocenters. The lowest BCUT2D eigenvalue weighted by Crippen LogP contribution is -2.43. The Morgan fingerprint density at radius 3 is 2.04 bits per heavy atom. The Morgan fingerprint density at radius 1 is 0.857 bits per heavy atom. The van der Waals surface area contributed by atoms with Gasteiger partial charge in [-0.2, -0.15) is 0 Å². The first-order valence-electron chi connectivity index (χ1n) is 8.60. The number of ether oxygens (including phenoxy) is 3. The molecule has 0 fully saturated rings. The van der Waals surface area contributed by atoms with E-state index in [1.807, 2.05) is 32.0 Å². The summed E-state index contributed by atoms with van der Waals surface area (Å²) in [4.78, 5) is 23.7. The molecule has 148 valence electrons. The molecule has 28 heavy (non-hydrogen) atoms.